The van der Waals surface area contributed by atoms with Gasteiger partial charge in [-0.25, -0.2) is 9.97 Å². The summed E-state index contributed by atoms with van der Waals surface area (Å²) < 4.78 is 1.71. The van der Waals surface area contributed by atoms with Crippen molar-refractivity contribution in [3.63, 3.8) is 0 Å². The molecule has 0 saturated carbocycles. The number of fused-ring (bicyclic) bond motifs is 1. The third-order valence-electron chi connectivity index (χ3n) is 2.99. The van der Waals surface area contributed by atoms with E-state index in [2.05, 4.69) is 15.1 Å². The normalized spacial score (nSPS) is 15.2. The monoisotopic (exact) mass is 220 g/mol. The molecule has 2 aromatic heterocycles. The second-order valence-electron chi connectivity index (χ2n) is 4.03. The van der Waals surface area contributed by atoms with E-state index in [0.29, 0.717) is 6.42 Å². The van der Waals surface area contributed by atoms with Gasteiger partial charge in [-0.3, -0.25) is 4.68 Å². The molecule has 2 heterocycles. The van der Waals surface area contributed by atoms with Gasteiger partial charge in [-0.15, -0.1) is 0 Å². The molecule has 0 aliphatic carbocycles. The van der Waals surface area contributed by atoms with Gasteiger partial charge in [0.05, 0.1) is 23.4 Å². The van der Waals surface area contributed by atoms with E-state index in [1.54, 1.807) is 10.9 Å². The number of hydrogen-bond acceptors (Lipinski definition) is 4. The van der Waals surface area contributed by atoms with Crippen LogP contribution in [0.3, 0.4) is 0 Å². The highest BCUT2D eigenvalue weighted by molar-refractivity contribution is 5.77. The number of aromatic nitrogens is 4. The maximum atomic E-state index is 9.86. The van der Waals surface area contributed by atoms with Gasteiger partial charge in [0.15, 0.2) is 5.65 Å². The van der Waals surface area contributed by atoms with Crippen molar-refractivity contribution in [2.75, 3.05) is 0 Å². The molecule has 0 bridgehead atoms. The van der Waals surface area contributed by atoms with Crippen molar-refractivity contribution in [2.24, 2.45) is 7.05 Å². The minimum Gasteiger partial charge on any atom is -0.392 e. The van der Waals surface area contributed by atoms with E-state index in [9.17, 15) is 5.11 Å². The highest BCUT2D eigenvalue weighted by Gasteiger charge is 2.19. The van der Waals surface area contributed by atoms with Crippen LogP contribution in [0, 0.1) is 0 Å². The molecular weight excluding hydrogens is 204 g/mol. The summed E-state index contributed by atoms with van der Waals surface area (Å²) >= 11 is 0. The molecule has 5 heteroatoms. The maximum Gasteiger partial charge on any atom is 0.161 e. The molecule has 16 heavy (non-hydrogen) atoms. The Balaban J connectivity index is 2.52. The Labute approximate surface area is 94.1 Å². The summed E-state index contributed by atoms with van der Waals surface area (Å²) in [7, 11) is 1.85. The molecule has 0 fully saturated rings. The fraction of sp³-hybridized carbons (Fsp3) is 0.545. The van der Waals surface area contributed by atoms with E-state index in [0.717, 1.165) is 16.7 Å². The molecule has 2 unspecified atom stereocenters. The third kappa shape index (κ3) is 1.67. The fourth-order valence-corrected chi connectivity index (χ4v) is 1.88. The highest BCUT2D eigenvalue weighted by atomic mass is 16.3. The van der Waals surface area contributed by atoms with Crippen LogP contribution in [0.4, 0.5) is 0 Å². The van der Waals surface area contributed by atoms with Crippen molar-refractivity contribution >= 4 is 11.0 Å². The Morgan fingerprint density at radius 1 is 1.44 bits per heavy atom. The van der Waals surface area contributed by atoms with Gasteiger partial charge in [-0.1, -0.05) is 13.8 Å². The molecule has 0 spiro atoms. The first-order valence-corrected chi connectivity index (χ1v) is 5.45. The maximum absolute atomic E-state index is 9.86. The van der Waals surface area contributed by atoms with Crippen LogP contribution in [0.1, 0.15) is 31.9 Å². The lowest BCUT2D eigenvalue weighted by Gasteiger charge is -2.16. The summed E-state index contributed by atoms with van der Waals surface area (Å²) in [5.74, 6) is -0.000278. The zero-order valence-corrected chi connectivity index (χ0v) is 9.75. The lowest BCUT2D eigenvalue weighted by Crippen LogP contribution is -2.16. The number of nitrogens with zero attached hydrogens (tertiary/aromatic N) is 4. The fourth-order valence-electron chi connectivity index (χ4n) is 1.88. The second-order valence-corrected chi connectivity index (χ2v) is 4.03. The van der Waals surface area contributed by atoms with Gasteiger partial charge in [-0.2, -0.15) is 5.10 Å². The van der Waals surface area contributed by atoms with Crippen LogP contribution in [0.25, 0.3) is 11.0 Å². The summed E-state index contributed by atoms with van der Waals surface area (Å²) in [4.78, 5) is 8.44. The van der Waals surface area contributed by atoms with Gasteiger partial charge in [-0.05, 0) is 6.42 Å². The Kier molecular flexibility index (Phi) is 2.87. The lowest BCUT2D eigenvalue weighted by atomic mass is 9.97. The standard InChI is InChI=1S/C11H16N4O/c1-4-9(16)7(2)10-8-5-14-15(3)11(8)13-6-12-10/h5-7,9,16H,4H2,1-3H3. The summed E-state index contributed by atoms with van der Waals surface area (Å²) in [5.41, 5.74) is 1.67. The van der Waals surface area contributed by atoms with Gasteiger partial charge in [0.2, 0.25) is 0 Å². The largest absolute Gasteiger partial charge is 0.392 e. The summed E-state index contributed by atoms with van der Waals surface area (Å²) in [5, 5.41) is 14.9. The summed E-state index contributed by atoms with van der Waals surface area (Å²) in [6, 6.07) is 0. The molecular formula is C11H16N4O. The number of hydrogen-bond donors (Lipinski definition) is 1. The molecule has 0 aromatic carbocycles. The Hall–Kier alpha value is -1.49. The summed E-state index contributed by atoms with van der Waals surface area (Å²) in [6.07, 6.45) is 3.62. The number of rotatable bonds is 3. The molecule has 0 aliphatic rings. The molecule has 0 radical (unpaired) electrons. The van der Waals surface area contributed by atoms with Gasteiger partial charge in [0.25, 0.3) is 0 Å². The van der Waals surface area contributed by atoms with Crippen molar-refractivity contribution in [1.82, 2.24) is 19.7 Å². The van der Waals surface area contributed by atoms with E-state index in [1.165, 1.54) is 6.33 Å². The van der Waals surface area contributed by atoms with Crippen LogP contribution >= 0.6 is 0 Å². The number of aliphatic hydroxyl groups is 1. The first-order chi connectivity index (χ1) is 7.65. The molecule has 0 amide bonds. The van der Waals surface area contributed by atoms with Crippen LogP contribution in [-0.4, -0.2) is 31.0 Å². The molecule has 2 rings (SSSR count). The molecule has 2 aromatic rings. The van der Waals surface area contributed by atoms with E-state index < -0.39 is 0 Å². The van der Waals surface area contributed by atoms with Crippen molar-refractivity contribution in [3.05, 3.63) is 18.2 Å². The van der Waals surface area contributed by atoms with Crippen LogP contribution in [0.2, 0.25) is 0 Å². The van der Waals surface area contributed by atoms with E-state index in [-0.39, 0.29) is 12.0 Å². The van der Waals surface area contributed by atoms with Crippen molar-refractivity contribution in [2.45, 2.75) is 32.3 Å². The molecule has 0 aliphatic heterocycles. The lowest BCUT2D eigenvalue weighted by molar-refractivity contribution is 0.144. The minimum atomic E-state index is -0.377. The number of aryl methyl sites for hydroxylation is 1. The van der Waals surface area contributed by atoms with Gasteiger partial charge in [0.1, 0.15) is 6.33 Å². The van der Waals surface area contributed by atoms with Gasteiger partial charge >= 0.3 is 0 Å². The Morgan fingerprint density at radius 3 is 2.88 bits per heavy atom. The van der Waals surface area contributed by atoms with Crippen LogP contribution in [-0.2, 0) is 7.05 Å². The zero-order valence-electron chi connectivity index (χ0n) is 9.75. The van der Waals surface area contributed by atoms with Gasteiger partial charge < -0.3 is 5.11 Å². The molecule has 86 valence electrons. The van der Waals surface area contributed by atoms with E-state index in [4.69, 9.17) is 0 Å². The van der Waals surface area contributed by atoms with Crippen molar-refractivity contribution in [3.8, 4) is 0 Å². The van der Waals surface area contributed by atoms with E-state index in [1.807, 2.05) is 20.9 Å². The Bertz CT molecular complexity index is 494. The molecule has 5 nitrogen and oxygen atoms in total. The average Bonchev–Trinajstić information content (AvgIpc) is 2.69. The number of aliphatic hydroxyl groups excluding tert-OH is 1. The van der Waals surface area contributed by atoms with E-state index >= 15 is 0 Å². The average molecular weight is 220 g/mol. The predicted octanol–water partition coefficient (Wildman–Crippen LogP) is 1.24. The predicted molar refractivity (Wildman–Crippen MR) is 61.0 cm³/mol. The van der Waals surface area contributed by atoms with Crippen molar-refractivity contribution in [1.29, 1.82) is 0 Å². The molecule has 0 saturated heterocycles. The van der Waals surface area contributed by atoms with Crippen LogP contribution < -0.4 is 0 Å². The zero-order chi connectivity index (χ0) is 11.7. The topological polar surface area (TPSA) is 63.8 Å². The van der Waals surface area contributed by atoms with Crippen LogP contribution in [0.15, 0.2) is 12.5 Å². The third-order valence-corrected chi connectivity index (χ3v) is 2.99. The minimum absolute atomic E-state index is 0.000278. The Morgan fingerprint density at radius 2 is 2.19 bits per heavy atom. The summed E-state index contributed by atoms with van der Waals surface area (Å²) in [6.45, 7) is 3.94. The van der Waals surface area contributed by atoms with Crippen molar-refractivity contribution < 1.29 is 5.11 Å². The molecule has 2 atom stereocenters. The van der Waals surface area contributed by atoms with Crippen LogP contribution in [0.5, 0.6) is 0 Å². The second kappa shape index (κ2) is 4.17. The van der Waals surface area contributed by atoms with Gasteiger partial charge in [0, 0.05) is 13.0 Å². The first-order valence-electron chi connectivity index (χ1n) is 5.45. The quantitative estimate of drug-likeness (QED) is 0.845. The highest BCUT2D eigenvalue weighted by Crippen LogP contribution is 2.25. The SMILES string of the molecule is CCC(O)C(C)c1ncnc2c1cnn2C. The smallest absolute Gasteiger partial charge is 0.161 e. The first kappa shape index (κ1) is 11.0. The molecule has 1 N–H and O–H groups in total.